The summed E-state index contributed by atoms with van der Waals surface area (Å²) in [6.07, 6.45) is 2.96. The maximum atomic E-state index is 14.4. The summed E-state index contributed by atoms with van der Waals surface area (Å²) < 4.78 is 16.2. The van der Waals surface area contributed by atoms with Crippen LogP contribution >= 0.6 is 0 Å². The first-order valence-corrected chi connectivity index (χ1v) is 16.4. The van der Waals surface area contributed by atoms with Crippen LogP contribution in [0.25, 0.3) is 0 Å². The molecule has 0 unspecified atom stereocenters. The van der Waals surface area contributed by atoms with E-state index in [-0.39, 0.29) is 30.2 Å². The lowest BCUT2D eigenvalue weighted by Crippen LogP contribution is -2.47. The molecule has 254 valence electrons. The van der Waals surface area contributed by atoms with Crippen LogP contribution in [0.4, 0.5) is 10.5 Å². The van der Waals surface area contributed by atoms with Crippen molar-refractivity contribution in [3.63, 3.8) is 0 Å². The number of benzene rings is 3. The summed E-state index contributed by atoms with van der Waals surface area (Å²) in [6, 6.07) is 22.5. The number of fused-ring (bicyclic) bond motifs is 1. The van der Waals surface area contributed by atoms with E-state index >= 15 is 0 Å². The summed E-state index contributed by atoms with van der Waals surface area (Å²) in [5, 5.41) is 10.1. The highest BCUT2D eigenvalue weighted by Crippen LogP contribution is 2.40. The van der Waals surface area contributed by atoms with Gasteiger partial charge in [-0.1, -0.05) is 42.5 Å². The molecule has 1 N–H and O–H groups in total. The van der Waals surface area contributed by atoms with Crippen LogP contribution in [0, 0.1) is 0 Å². The normalized spacial score (nSPS) is 15.8. The predicted octanol–water partition coefficient (Wildman–Crippen LogP) is 5.28. The van der Waals surface area contributed by atoms with Gasteiger partial charge >= 0.3 is 6.09 Å². The number of amides is 3. The van der Waals surface area contributed by atoms with Crippen molar-refractivity contribution in [2.45, 2.75) is 31.8 Å². The highest BCUT2D eigenvalue weighted by molar-refractivity contribution is 6.24. The number of rotatable bonds is 12. The fraction of sp³-hybridized carbons (Fsp3) is 0.324. The Kier molecular flexibility index (Phi) is 10.3. The minimum absolute atomic E-state index is 0.251. The molecule has 2 aliphatic heterocycles. The van der Waals surface area contributed by atoms with Gasteiger partial charge in [0.1, 0.15) is 0 Å². The number of imide groups is 1. The van der Waals surface area contributed by atoms with Gasteiger partial charge in [0.15, 0.2) is 17.2 Å². The van der Waals surface area contributed by atoms with E-state index in [1.807, 2.05) is 24.3 Å². The molecule has 3 amide bonds. The first kappa shape index (κ1) is 33.4. The van der Waals surface area contributed by atoms with Crippen molar-refractivity contribution in [2.24, 2.45) is 0 Å². The van der Waals surface area contributed by atoms with Crippen molar-refractivity contribution < 1.29 is 28.6 Å². The maximum absolute atomic E-state index is 14.4. The second-order valence-electron chi connectivity index (χ2n) is 12.0. The third-order valence-electron chi connectivity index (χ3n) is 9.20. The number of carbonyl (C=O) groups excluding carboxylic acids is 3. The lowest BCUT2D eigenvalue weighted by atomic mass is 9.99. The number of carbonyl (C=O) groups is 3. The lowest BCUT2D eigenvalue weighted by Gasteiger charge is -2.39. The van der Waals surface area contributed by atoms with Gasteiger partial charge in [-0.05, 0) is 55.2 Å². The van der Waals surface area contributed by atoms with Gasteiger partial charge in [-0.15, -0.1) is 0 Å². The lowest BCUT2D eigenvalue weighted by molar-refractivity contribution is 0.0571. The molecule has 0 spiro atoms. The molecule has 2 atom stereocenters. The third kappa shape index (κ3) is 7.19. The van der Waals surface area contributed by atoms with Gasteiger partial charge in [-0.2, -0.15) is 10.2 Å². The summed E-state index contributed by atoms with van der Waals surface area (Å²) in [5.74, 6) is 0.594. The van der Waals surface area contributed by atoms with Gasteiger partial charge in [0.25, 0.3) is 11.8 Å². The van der Waals surface area contributed by atoms with Gasteiger partial charge in [-0.25, -0.2) is 4.79 Å². The molecule has 2 aliphatic rings. The van der Waals surface area contributed by atoms with Crippen molar-refractivity contribution in [3.05, 3.63) is 107 Å². The fourth-order valence-corrected chi connectivity index (χ4v) is 6.60. The minimum atomic E-state index is -0.640. The van der Waals surface area contributed by atoms with E-state index in [4.69, 9.17) is 14.2 Å². The van der Waals surface area contributed by atoms with Crippen LogP contribution in [0.2, 0.25) is 0 Å². The maximum Gasteiger partial charge on any atom is 0.412 e. The molecule has 6 rings (SSSR count). The summed E-state index contributed by atoms with van der Waals surface area (Å²) >= 11 is 0. The zero-order chi connectivity index (χ0) is 34.3. The molecule has 49 heavy (non-hydrogen) atoms. The number of nitrogens with one attached hydrogen (secondary N) is 1. The monoisotopic (exact) mass is 664 g/mol. The van der Waals surface area contributed by atoms with Crippen molar-refractivity contribution in [1.29, 1.82) is 0 Å². The summed E-state index contributed by atoms with van der Waals surface area (Å²) in [5.41, 5.74) is 3.57. The molecule has 0 aliphatic carbocycles. The molecule has 3 heterocycles. The quantitative estimate of drug-likeness (QED) is 0.158. The van der Waals surface area contributed by atoms with E-state index in [1.165, 1.54) is 28.9 Å². The molecule has 12 nitrogen and oxygen atoms in total. The minimum Gasteiger partial charge on any atom is -0.493 e. The largest absolute Gasteiger partial charge is 0.493 e. The summed E-state index contributed by atoms with van der Waals surface area (Å²) in [4.78, 5) is 46.8. The van der Waals surface area contributed by atoms with E-state index in [2.05, 4.69) is 56.5 Å². The van der Waals surface area contributed by atoms with Crippen LogP contribution in [0.3, 0.4) is 0 Å². The van der Waals surface area contributed by atoms with E-state index in [1.54, 1.807) is 32.4 Å². The Bertz CT molecular complexity index is 1780. The molecule has 0 radical (unpaired) electrons. The zero-order valence-corrected chi connectivity index (χ0v) is 27.9. The molecule has 1 saturated heterocycles. The SMILES string of the molecule is COc1ccc([C@@H](CCCNC(=O)Oc2ccnnc2)N2C(=O)c3cccc(N4CCN([C@H](C)c5ccccc5)CC4)c3C2=O)cc1OC. The molecule has 0 bridgehead atoms. The van der Waals surface area contributed by atoms with E-state index in [0.29, 0.717) is 41.0 Å². The van der Waals surface area contributed by atoms with Crippen LogP contribution in [0.1, 0.15) is 63.7 Å². The van der Waals surface area contributed by atoms with Gasteiger partial charge < -0.3 is 24.4 Å². The molecule has 12 heteroatoms. The summed E-state index contributed by atoms with van der Waals surface area (Å²) in [6.45, 7) is 5.58. The smallest absolute Gasteiger partial charge is 0.412 e. The Morgan fingerprint density at radius 3 is 2.35 bits per heavy atom. The van der Waals surface area contributed by atoms with Crippen LogP contribution in [0.15, 0.2) is 85.2 Å². The number of methoxy groups -OCH3 is 2. The highest BCUT2D eigenvalue weighted by atomic mass is 16.6. The topological polar surface area (TPSA) is 126 Å². The Labute approximate surface area is 285 Å². The Morgan fingerprint density at radius 1 is 0.857 bits per heavy atom. The second kappa shape index (κ2) is 15.2. The van der Waals surface area contributed by atoms with Crippen LogP contribution in [-0.2, 0) is 0 Å². The Morgan fingerprint density at radius 2 is 1.63 bits per heavy atom. The third-order valence-corrected chi connectivity index (χ3v) is 9.20. The van der Waals surface area contributed by atoms with Crippen LogP contribution in [-0.4, -0.2) is 84.8 Å². The van der Waals surface area contributed by atoms with E-state index in [0.717, 1.165) is 31.9 Å². The van der Waals surface area contributed by atoms with Gasteiger partial charge in [0.05, 0.1) is 49.5 Å². The van der Waals surface area contributed by atoms with Crippen molar-refractivity contribution in [1.82, 2.24) is 25.3 Å². The Balaban J connectivity index is 1.20. The molecule has 3 aromatic carbocycles. The van der Waals surface area contributed by atoms with Crippen LogP contribution < -0.4 is 24.4 Å². The molecule has 4 aromatic rings. The first-order chi connectivity index (χ1) is 23.9. The number of nitrogens with zero attached hydrogens (tertiary/aromatic N) is 5. The van der Waals surface area contributed by atoms with Crippen molar-refractivity contribution in [2.75, 3.05) is 51.8 Å². The molecular weight excluding hydrogens is 624 g/mol. The molecule has 1 aromatic heterocycles. The fourth-order valence-electron chi connectivity index (χ4n) is 6.60. The zero-order valence-electron chi connectivity index (χ0n) is 27.9. The van der Waals surface area contributed by atoms with E-state index < -0.39 is 12.1 Å². The Hall–Kier alpha value is -5.49. The standard InChI is InChI=1S/C37H40N6O6/c1-25(26-9-5-4-6-10-26)41-19-21-42(22-20-41)31-12-7-11-29-34(31)36(45)43(35(29)44)30(27-14-15-32(47-2)33(23-27)48-3)13-8-17-38-37(46)49-28-16-18-39-40-24-28/h4-7,9-12,14-16,18,23-25,30H,8,13,17,19-22H2,1-3H3,(H,38,46)/t25-,30-/m1/s1. The van der Waals surface area contributed by atoms with Gasteiger partial charge in [0, 0.05) is 44.8 Å². The summed E-state index contributed by atoms with van der Waals surface area (Å²) in [7, 11) is 3.09. The van der Waals surface area contributed by atoms with Gasteiger partial charge in [0.2, 0.25) is 0 Å². The predicted molar refractivity (Wildman–Crippen MR) is 183 cm³/mol. The molecular formula is C37H40N6O6. The second-order valence-corrected chi connectivity index (χ2v) is 12.0. The van der Waals surface area contributed by atoms with Gasteiger partial charge in [-0.3, -0.25) is 19.4 Å². The average Bonchev–Trinajstić information content (AvgIpc) is 3.40. The molecule has 0 saturated carbocycles. The van der Waals surface area contributed by atoms with Crippen LogP contribution in [0.5, 0.6) is 17.2 Å². The van der Waals surface area contributed by atoms with E-state index in [9.17, 15) is 14.4 Å². The number of ether oxygens (including phenoxy) is 3. The van der Waals surface area contributed by atoms with Crippen molar-refractivity contribution >= 4 is 23.6 Å². The first-order valence-electron chi connectivity index (χ1n) is 16.4. The number of hydrogen-bond acceptors (Lipinski definition) is 10. The number of hydrogen-bond donors (Lipinski definition) is 1. The average molecular weight is 665 g/mol. The number of aromatic nitrogens is 2. The molecule has 1 fully saturated rings. The highest BCUT2D eigenvalue weighted by Gasteiger charge is 2.43. The van der Waals surface area contributed by atoms with Crippen molar-refractivity contribution in [3.8, 4) is 17.2 Å². The number of anilines is 1. The number of piperazine rings is 1.